The van der Waals surface area contributed by atoms with E-state index < -0.39 is 6.10 Å². The highest BCUT2D eigenvalue weighted by molar-refractivity contribution is 5.95. The lowest BCUT2D eigenvalue weighted by Crippen LogP contribution is -2.40. The minimum absolute atomic E-state index is 0.143. The third kappa shape index (κ3) is 3.53. The van der Waals surface area contributed by atoms with E-state index >= 15 is 0 Å². The molecular formula is C22H19FN2O3. The monoisotopic (exact) mass is 378 g/mol. The summed E-state index contributed by atoms with van der Waals surface area (Å²) >= 11 is 0. The van der Waals surface area contributed by atoms with Crippen LogP contribution in [0.2, 0.25) is 0 Å². The predicted octanol–water partition coefficient (Wildman–Crippen LogP) is 4.23. The second kappa shape index (κ2) is 7.68. The zero-order valence-corrected chi connectivity index (χ0v) is 15.3. The molecule has 0 fully saturated rings. The Balaban J connectivity index is 1.53. The van der Waals surface area contributed by atoms with Crippen molar-refractivity contribution in [2.24, 2.45) is 0 Å². The van der Waals surface area contributed by atoms with Crippen molar-refractivity contribution in [1.82, 2.24) is 4.98 Å². The van der Waals surface area contributed by atoms with Crippen LogP contribution in [0.5, 0.6) is 11.5 Å². The number of pyridine rings is 1. The number of aryl methyl sites for hydroxylation is 1. The first-order valence-electron chi connectivity index (χ1n) is 9.08. The van der Waals surface area contributed by atoms with Gasteiger partial charge in [-0.15, -0.1) is 0 Å². The number of halogens is 1. The van der Waals surface area contributed by atoms with Crippen LogP contribution in [0, 0.1) is 5.82 Å². The summed E-state index contributed by atoms with van der Waals surface area (Å²) in [7, 11) is 0. The number of nitrogens with one attached hydrogen (secondary N) is 1. The van der Waals surface area contributed by atoms with Crippen LogP contribution in [0.15, 0.2) is 60.9 Å². The van der Waals surface area contributed by atoms with Crippen molar-refractivity contribution in [2.45, 2.75) is 19.4 Å². The molecule has 1 aromatic heterocycles. The highest BCUT2D eigenvalue weighted by Gasteiger charge is 2.27. The molecule has 1 N–H and O–H groups in total. The molecule has 5 nitrogen and oxygen atoms in total. The van der Waals surface area contributed by atoms with E-state index in [0.29, 0.717) is 29.2 Å². The minimum Gasteiger partial charge on any atom is -0.485 e. The van der Waals surface area contributed by atoms with Crippen LogP contribution in [-0.2, 0) is 11.2 Å². The summed E-state index contributed by atoms with van der Waals surface area (Å²) in [5.41, 5.74) is 2.79. The van der Waals surface area contributed by atoms with E-state index in [2.05, 4.69) is 10.3 Å². The Hall–Kier alpha value is -3.41. The average molecular weight is 378 g/mol. The Kier molecular flexibility index (Phi) is 4.93. The summed E-state index contributed by atoms with van der Waals surface area (Å²) in [6, 6.07) is 14.3. The Bertz CT molecular complexity index is 1020. The van der Waals surface area contributed by atoms with Crippen LogP contribution in [0.4, 0.5) is 10.1 Å². The molecule has 0 spiro atoms. The van der Waals surface area contributed by atoms with Gasteiger partial charge in [0, 0.05) is 17.4 Å². The molecule has 1 amide bonds. The molecule has 0 bridgehead atoms. The molecule has 4 rings (SSSR count). The van der Waals surface area contributed by atoms with E-state index in [1.807, 2.05) is 25.1 Å². The molecule has 142 valence electrons. The molecule has 1 aliphatic heterocycles. The first-order valence-corrected chi connectivity index (χ1v) is 9.08. The predicted molar refractivity (Wildman–Crippen MR) is 104 cm³/mol. The lowest BCUT2D eigenvalue weighted by molar-refractivity contribution is -0.125. The van der Waals surface area contributed by atoms with Crippen molar-refractivity contribution in [2.75, 3.05) is 11.9 Å². The molecule has 0 radical (unpaired) electrons. The summed E-state index contributed by atoms with van der Waals surface area (Å²) < 4.78 is 25.4. The van der Waals surface area contributed by atoms with Gasteiger partial charge in [-0.3, -0.25) is 9.78 Å². The Morgan fingerprint density at radius 2 is 2.04 bits per heavy atom. The van der Waals surface area contributed by atoms with Gasteiger partial charge < -0.3 is 14.8 Å². The highest BCUT2D eigenvalue weighted by Crippen LogP contribution is 2.32. The van der Waals surface area contributed by atoms with Crippen molar-refractivity contribution in [1.29, 1.82) is 0 Å². The number of carbonyl (C=O) groups excluding carboxylic acids is 1. The second-order valence-electron chi connectivity index (χ2n) is 6.43. The molecule has 0 saturated carbocycles. The number of para-hydroxylation sites is 2. The smallest absolute Gasteiger partial charge is 0.269 e. The molecule has 6 heteroatoms. The SMILES string of the molecule is CCc1cc(-c2ccncc2F)ccc1NC(=O)[C@H]1COc2ccccc2O1. The quantitative estimate of drug-likeness (QED) is 0.738. The average Bonchev–Trinajstić information content (AvgIpc) is 2.74. The number of ether oxygens (including phenoxy) is 2. The van der Waals surface area contributed by atoms with Gasteiger partial charge in [-0.2, -0.15) is 0 Å². The third-order valence-corrected chi connectivity index (χ3v) is 4.63. The van der Waals surface area contributed by atoms with E-state index in [4.69, 9.17) is 9.47 Å². The normalized spacial score (nSPS) is 15.1. The van der Waals surface area contributed by atoms with E-state index in [-0.39, 0.29) is 18.3 Å². The fourth-order valence-electron chi connectivity index (χ4n) is 3.15. The summed E-state index contributed by atoms with van der Waals surface area (Å²) in [5.74, 6) is 0.512. The van der Waals surface area contributed by atoms with E-state index in [0.717, 1.165) is 11.1 Å². The number of hydrogen-bond donors (Lipinski definition) is 1. The molecule has 3 aromatic rings. The second-order valence-corrected chi connectivity index (χ2v) is 6.43. The maximum absolute atomic E-state index is 14.0. The fraction of sp³-hybridized carbons (Fsp3) is 0.182. The summed E-state index contributed by atoms with van der Waals surface area (Å²) in [6.07, 6.45) is 2.69. The van der Waals surface area contributed by atoms with Crippen molar-refractivity contribution in [3.8, 4) is 22.6 Å². The molecular weight excluding hydrogens is 359 g/mol. The minimum atomic E-state index is -0.739. The number of anilines is 1. The van der Waals surface area contributed by atoms with Gasteiger partial charge in [-0.05, 0) is 47.9 Å². The molecule has 1 atom stereocenters. The van der Waals surface area contributed by atoms with Crippen LogP contribution in [0.25, 0.3) is 11.1 Å². The van der Waals surface area contributed by atoms with Crippen molar-refractivity contribution in [3.05, 3.63) is 72.3 Å². The van der Waals surface area contributed by atoms with Crippen molar-refractivity contribution < 1.29 is 18.7 Å². The molecule has 2 heterocycles. The molecule has 2 aromatic carbocycles. The third-order valence-electron chi connectivity index (χ3n) is 4.63. The zero-order chi connectivity index (χ0) is 19.5. The van der Waals surface area contributed by atoms with Gasteiger partial charge in [0.25, 0.3) is 5.91 Å². The molecule has 28 heavy (non-hydrogen) atoms. The van der Waals surface area contributed by atoms with Crippen LogP contribution < -0.4 is 14.8 Å². The van der Waals surface area contributed by atoms with Gasteiger partial charge in [0.05, 0.1) is 6.20 Å². The van der Waals surface area contributed by atoms with Crippen LogP contribution >= 0.6 is 0 Å². The Morgan fingerprint density at radius 1 is 1.21 bits per heavy atom. The van der Waals surface area contributed by atoms with Crippen LogP contribution in [-0.4, -0.2) is 23.6 Å². The standard InChI is InChI=1S/C22H19FN2O3/c1-2-14-11-15(16-9-10-24-12-17(16)23)7-8-18(14)25-22(26)21-13-27-19-5-3-4-6-20(19)28-21/h3-12,21H,2,13H2,1H3,(H,25,26)/t21-/m1/s1. The van der Waals surface area contributed by atoms with Crippen molar-refractivity contribution in [3.63, 3.8) is 0 Å². The summed E-state index contributed by atoms with van der Waals surface area (Å²) in [6.45, 7) is 2.12. The van der Waals surface area contributed by atoms with Crippen LogP contribution in [0.1, 0.15) is 12.5 Å². The van der Waals surface area contributed by atoms with E-state index in [1.54, 1.807) is 36.5 Å². The molecule has 0 aliphatic carbocycles. The number of nitrogens with zero attached hydrogens (tertiary/aromatic N) is 1. The van der Waals surface area contributed by atoms with Gasteiger partial charge in [-0.25, -0.2) is 4.39 Å². The number of amides is 1. The number of hydrogen-bond acceptors (Lipinski definition) is 4. The summed E-state index contributed by atoms with van der Waals surface area (Å²) in [5, 5.41) is 2.91. The lowest BCUT2D eigenvalue weighted by Gasteiger charge is -2.26. The summed E-state index contributed by atoms with van der Waals surface area (Å²) in [4.78, 5) is 16.5. The number of carbonyl (C=O) groups is 1. The van der Waals surface area contributed by atoms with Crippen molar-refractivity contribution >= 4 is 11.6 Å². The van der Waals surface area contributed by atoms with Gasteiger partial charge in [0.1, 0.15) is 12.4 Å². The number of aromatic nitrogens is 1. The topological polar surface area (TPSA) is 60.5 Å². The first-order chi connectivity index (χ1) is 13.7. The maximum atomic E-state index is 14.0. The van der Waals surface area contributed by atoms with E-state index in [9.17, 15) is 9.18 Å². The van der Waals surface area contributed by atoms with Gasteiger partial charge in [0.15, 0.2) is 11.5 Å². The Labute approximate surface area is 162 Å². The zero-order valence-electron chi connectivity index (χ0n) is 15.3. The molecule has 0 unspecified atom stereocenters. The number of rotatable bonds is 4. The number of benzene rings is 2. The van der Waals surface area contributed by atoms with Gasteiger partial charge in [0.2, 0.25) is 6.10 Å². The highest BCUT2D eigenvalue weighted by atomic mass is 19.1. The van der Waals surface area contributed by atoms with Gasteiger partial charge >= 0.3 is 0 Å². The molecule has 1 aliphatic rings. The number of fused-ring (bicyclic) bond motifs is 1. The lowest BCUT2D eigenvalue weighted by atomic mass is 10.0. The fourth-order valence-corrected chi connectivity index (χ4v) is 3.15. The largest absolute Gasteiger partial charge is 0.485 e. The Morgan fingerprint density at radius 3 is 2.82 bits per heavy atom. The van der Waals surface area contributed by atoms with Crippen LogP contribution in [0.3, 0.4) is 0 Å². The van der Waals surface area contributed by atoms with E-state index in [1.165, 1.54) is 6.20 Å². The van der Waals surface area contributed by atoms with Gasteiger partial charge in [-0.1, -0.05) is 25.1 Å². The maximum Gasteiger partial charge on any atom is 0.269 e. The molecule has 0 saturated heterocycles. The first kappa shape index (κ1) is 18.0.